The molecule has 0 saturated carbocycles. The number of halogens is 2. The van der Waals surface area contributed by atoms with Crippen molar-refractivity contribution >= 4 is 46.4 Å². The van der Waals surface area contributed by atoms with Crippen LogP contribution in [0.2, 0.25) is 0 Å². The van der Waals surface area contributed by atoms with Crippen molar-refractivity contribution < 1.29 is 9.53 Å². The molecule has 2 aromatic rings. The second-order valence-corrected chi connectivity index (χ2v) is 4.18. The number of imidazole rings is 1. The van der Waals surface area contributed by atoms with Crippen molar-refractivity contribution in [1.29, 1.82) is 0 Å². The zero-order valence-corrected chi connectivity index (χ0v) is 9.92. The van der Waals surface area contributed by atoms with Crippen molar-refractivity contribution in [3.8, 4) is 6.01 Å². The maximum atomic E-state index is 10.6. The van der Waals surface area contributed by atoms with Crippen LogP contribution in [0, 0.1) is 0 Å². The molecule has 17 heavy (non-hydrogen) atoms. The SMILES string of the molecule is NC(=O)Oc1nc2cc(C=C(Cl)Cl)ccc2[nH]1. The number of carbonyl (C=O) groups excluding carboxylic acids is 1. The number of rotatable bonds is 2. The number of ether oxygens (including phenoxy) is 1. The summed E-state index contributed by atoms with van der Waals surface area (Å²) in [5.41, 5.74) is 6.99. The Balaban J connectivity index is 2.41. The van der Waals surface area contributed by atoms with Crippen LogP contribution in [-0.2, 0) is 0 Å². The van der Waals surface area contributed by atoms with Gasteiger partial charge in [0, 0.05) is 0 Å². The second-order valence-electron chi connectivity index (χ2n) is 3.17. The van der Waals surface area contributed by atoms with Gasteiger partial charge in [-0.3, -0.25) is 0 Å². The molecule has 0 aliphatic carbocycles. The number of hydrogen-bond donors (Lipinski definition) is 2. The summed E-state index contributed by atoms with van der Waals surface area (Å²) in [5.74, 6) is 0. The largest absolute Gasteiger partial charge is 0.412 e. The first-order valence-electron chi connectivity index (χ1n) is 4.54. The Labute approximate surface area is 106 Å². The Kier molecular flexibility index (Phi) is 3.21. The minimum atomic E-state index is -0.923. The highest BCUT2D eigenvalue weighted by Gasteiger charge is 2.06. The van der Waals surface area contributed by atoms with Crippen molar-refractivity contribution in [2.45, 2.75) is 0 Å². The number of nitrogens with one attached hydrogen (secondary N) is 1. The fourth-order valence-corrected chi connectivity index (χ4v) is 1.61. The molecule has 0 unspecified atom stereocenters. The number of hydrogen-bond acceptors (Lipinski definition) is 3. The summed E-state index contributed by atoms with van der Waals surface area (Å²) >= 11 is 11.1. The van der Waals surface area contributed by atoms with Crippen LogP contribution < -0.4 is 10.5 Å². The first kappa shape index (κ1) is 11.8. The number of aromatic amines is 1. The van der Waals surface area contributed by atoms with Gasteiger partial charge in [0.1, 0.15) is 4.49 Å². The van der Waals surface area contributed by atoms with E-state index < -0.39 is 6.09 Å². The molecule has 1 aromatic carbocycles. The average Bonchev–Trinajstić information content (AvgIpc) is 2.56. The summed E-state index contributed by atoms with van der Waals surface area (Å²) in [4.78, 5) is 17.4. The monoisotopic (exact) mass is 271 g/mol. The van der Waals surface area contributed by atoms with Crippen molar-refractivity contribution in [2.24, 2.45) is 5.73 Å². The summed E-state index contributed by atoms with van der Waals surface area (Å²) in [6, 6.07) is 5.34. The van der Waals surface area contributed by atoms with E-state index in [4.69, 9.17) is 28.9 Å². The molecular formula is C10H7Cl2N3O2. The Morgan fingerprint density at radius 3 is 2.88 bits per heavy atom. The summed E-state index contributed by atoms with van der Waals surface area (Å²) in [7, 11) is 0. The third-order valence-electron chi connectivity index (χ3n) is 1.96. The fourth-order valence-electron chi connectivity index (χ4n) is 1.36. The van der Waals surface area contributed by atoms with E-state index >= 15 is 0 Å². The van der Waals surface area contributed by atoms with Gasteiger partial charge < -0.3 is 15.5 Å². The van der Waals surface area contributed by atoms with Gasteiger partial charge in [0.2, 0.25) is 0 Å². The molecule has 0 radical (unpaired) electrons. The molecule has 0 aliphatic rings. The predicted octanol–water partition coefficient (Wildman–Crippen LogP) is 2.80. The number of benzene rings is 1. The topological polar surface area (TPSA) is 81.0 Å². The molecule has 88 valence electrons. The fraction of sp³-hybridized carbons (Fsp3) is 0. The van der Waals surface area contributed by atoms with Gasteiger partial charge in [-0.1, -0.05) is 29.3 Å². The number of fused-ring (bicyclic) bond motifs is 1. The van der Waals surface area contributed by atoms with E-state index in [9.17, 15) is 4.79 Å². The highest BCUT2D eigenvalue weighted by atomic mass is 35.5. The molecule has 5 nitrogen and oxygen atoms in total. The highest BCUT2D eigenvalue weighted by Crippen LogP contribution is 2.20. The summed E-state index contributed by atoms with van der Waals surface area (Å²) in [5, 5.41) is 0. The molecule has 0 aliphatic heterocycles. The van der Waals surface area contributed by atoms with E-state index in [1.807, 2.05) is 0 Å². The number of nitrogens with two attached hydrogens (primary N) is 1. The van der Waals surface area contributed by atoms with Gasteiger partial charge in [0.05, 0.1) is 11.0 Å². The quantitative estimate of drug-likeness (QED) is 0.881. The lowest BCUT2D eigenvalue weighted by Gasteiger charge is -1.92. The minimum Gasteiger partial charge on any atom is -0.376 e. The zero-order chi connectivity index (χ0) is 12.4. The van der Waals surface area contributed by atoms with Gasteiger partial charge in [-0.2, -0.15) is 4.98 Å². The van der Waals surface area contributed by atoms with E-state index in [0.717, 1.165) is 5.56 Å². The van der Waals surface area contributed by atoms with Gasteiger partial charge in [0.25, 0.3) is 0 Å². The molecule has 0 bridgehead atoms. The lowest BCUT2D eigenvalue weighted by atomic mass is 10.2. The molecule has 7 heteroatoms. The second kappa shape index (κ2) is 4.65. The lowest BCUT2D eigenvalue weighted by Crippen LogP contribution is -2.16. The normalized spacial score (nSPS) is 10.2. The van der Waals surface area contributed by atoms with E-state index in [1.54, 1.807) is 24.3 Å². The molecule has 0 spiro atoms. The first-order chi connectivity index (χ1) is 8.04. The van der Waals surface area contributed by atoms with Crippen LogP contribution in [0.25, 0.3) is 17.1 Å². The van der Waals surface area contributed by atoms with Crippen molar-refractivity contribution in [3.63, 3.8) is 0 Å². The lowest BCUT2D eigenvalue weighted by molar-refractivity contribution is 0.207. The number of amides is 1. The Morgan fingerprint density at radius 1 is 1.47 bits per heavy atom. The van der Waals surface area contributed by atoms with E-state index in [-0.39, 0.29) is 10.5 Å². The van der Waals surface area contributed by atoms with Gasteiger partial charge in [-0.25, -0.2) is 4.79 Å². The summed E-state index contributed by atoms with van der Waals surface area (Å²) < 4.78 is 4.77. The number of primary amides is 1. The smallest absolute Gasteiger partial charge is 0.376 e. The molecule has 1 amide bonds. The summed E-state index contributed by atoms with van der Waals surface area (Å²) in [6.45, 7) is 0. The zero-order valence-electron chi connectivity index (χ0n) is 8.41. The van der Waals surface area contributed by atoms with E-state index in [1.165, 1.54) is 0 Å². The molecule has 0 saturated heterocycles. The molecule has 2 rings (SSSR count). The molecule has 0 fully saturated rings. The van der Waals surface area contributed by atoms with Crippen LogP contribution in [0.4, 0.5) is 4.79 Å². The number of carbonyl (C=O) groups is 1. The Bertz CT molecular complexity index is 603. The van der Waals surface area contributed by atoms with Crippen LogP contribution in [0.15, 0.2) is 22.7 Å². The number of aromatic nitrogens is 2. The standard InChI is InChI=1S/C10H7Cl2N3O2/c11-8(12)4-5-1-2-6-7(3-5)15-10(14-6)17-9(13)16/h1-4H,(H2,13,16)(H,14,15). The third kappa shape index (κ3) is 2.89. The third-order valence-corrected chi connectivity index (χ3v) is 2.18. The van der Waals surface area contributed by atoms with Gasteiger partial charge in [-0.15, -0.1) is 0 Å². The van der Waals surface area contributed by atoms with Gasteiger partial charge >= 0.3 is 12.1 Å². The van der Waals surface area contributed by atoms with Gasteiger partial charge in [0.15, 0.2) is 0 Å². The molecular weight excluding hydrogens is 265 g/mol. The van der Waals surface area contributed by atoms with Gasteiger partial charge in [-0.05, 0) is 23.8 Å². The van der Waals surface area contributed by atoms with Crippen LogP contribution in [0.5, 0.6) is 6.01 Å². The Morgan fingerprint density at radius 2 is 2.24 bits per heavy atom. The van der Waals surface area contributed by atoms with Crippen LogP contribution in [0.3, 0.4) is 0 Å². The number of nitrogens with zero attached hydrogens (tertiary/aromatic N) is 1. The molecule has 0 atom stereocenters. The Hall–Kier alpha value is -1.72. The first-order valence-corrected chi connectivity index (χ1v) is 5.30. The molecule has 1 heterocycles. The van der Waals surface area contributed by atoms with Crippen molar-refractivity contribution in [2.75, 3.05) is 0 Å². The minimum absolute atomic E-state index is 0.0469. The van der Waals surface area contributed by atoms with E-state index in [2.05, 4.69) is 14.7 Å². The van der Waals surface area contributed by atoms with Crippen LogP contribution in [-0.4, -0.2) is 16.1 Å². The molecule has 3 N–H and O–H groups in total. The van der Waals surface area contributed by atoms with Crippen LogP contribution >= 0.6 is 23.2 Å². The molecule has 1 aromatic heterocycles. The van der Waals surface area contributed by atoms with Crippen molar-refractivity contribution in [3.05, 3.63) is 28.3 Å². The number of H-pyrrole nitrogens is 1. The van der Waals surface area contributed by atoms with Crippen LogP contribution in [0.1, 0.15) is 5.56 Å². The maximum Gasteiger partial charge on any atom is 0.412 e. The van der Waals surface area contributed by atoms with E-state index in [0.29, 0.717) is 11.0 Å². The van der Waals surface area contributed by atoms with Crippen molar-refractivity contribution in [1.82, 2.24) is 9.97 Å². The summed E-state index contributed by atoms with van der Waals surface area (Å²) in [6.07, 6.45) is 0.652. The predicted molar refractivity (Wildman–Crippen MR) is 66.0 cm³/mol. The highest BCUT2D eigenvalue weighted by molar-refractivity contribution is 6.57. The average molecular weight is 272 g/mol. The maximum absolute atomic E-state index is 10.6.